The van der Waals surface area contributed by atoms with Crippen LogP contribution in [0.4, 0.5) is 5.69 Å². The normalized spacial score (nSPS) is 21.3. The molecule has 1 aliphatic rings. The van der Waals surface area contributed by atoms with Crippen molar-refractivity contribution in [3.8, 4) is 0 Å². The summed E-state index contributed by atoms with van der Waals surface area (Å²) in [5.41, 5.74) is 1.75. The maximum Gasteiger partial charge on any atom is 0.229 e. The van der Waals surface area contributed by atoms with Gasteiger partial charge in [-0.1, -0.05) is 18.2 Å². The molecular weight excluding hydrogens is 250 g/mol. The lowest BCUT2D eigenvalue weighted by Crippen LogP contribution is -2.30. The number of anilines is 1. The number of rotatable bonds is 3. The molecule has 1 saturated heterocycles. The van der Waals surface area contributed by atoms with E-state index in [1.165, 1.54) is 0 Å². The van der Waals surface area contributed by atoms with E-state index in [0.29, 0.717) is 6.61 Å². The molecule has 3 nitrogen and oxygen atoms in total. The summed E-state index contributed by atoms with van der Waals surface area (Å²) < 4.78 is 5.33. The first kappa shape index (κ1) is 13.4. The fourth-order valence-electron chi connectivity index (χ4n) is 2.14. The monoisotopic (exact) mass is 267 g/mol. The van der Waals surface area contributed by atoms with Gasteiger partial charge in [0.1, 0.15) is 0 Å². The number of halogens is 1. The maximum atomic E-state index is 12.1. The highest BCUT2D eigenvalue weighted by molar-refractivity contribution is 6.21. The van der Waals surface area contributed by atoms with E-state index in [-0.39, 0.29) is 17.2 Å². The van der Waals surface area contributed by atoms with E-state index < -0.39 is 0 Å². The topological polar surface area (TPSA) is 38.3 Å². The number of hydrogen-bond donors (Lipinski definition) is 1. The van der Waals surface area contributed by atoms with E-state index in [1.807, 2.05) is 31.2 Å². The molecule has 0 radical (unpaired) electrons. The first-order valence-electron chi connectivity index (χ1n) is 6.30. The van der Waals surface area contributed by atoms with Crippen molar-refractivity contribution in [2.24, 2.45) is 5.92 Å². The highest BCUT2D eigenvalue weighted by Crippen LogP contribution is 2.27. The van der Waals surface area contributed by atoms with Gasteiger partial charge in [-0.25, -0.2) is 0 Å². The molecule has 1 amide bonds. The Balaban J connectivity index is 2.06. The fourth-order valence-corrected chi connectivity index (χ4v) is 2.33. The Labute approximate surface area is 112 Å². The minimum Gasteiger partial charge on any atom is -0.381 e. The lowest BCUT2D eigenvalue weighted by molar-refractivity contribution is -0.123. The molecule has 98 valence electrons. The van der Waals surface area contributed by atoms with Crippen LogP contribution in [0.3, 0.4) is 0 Å². The van der Waals surface area contributed by atoms with Crippen molar-refractivity contribution < 1.29 is 9.53 Å². The molecule has 18 heavy (non-hydrogen) atoms. The smallest absolute Gasteiger partial charge is 0.229 e. The molecule has 1 heterocycles. The van der Waals surface area contributed by atoms with Crippen molar-refractivity contribution in [1.82, 2.24) is 0 Å². The standard InChI is InChI=1S/C14H18ClNO2/c1-10(15)12-6-2-3-7-13(12)16-14(17)11-5-4-8-18-9-11/h2-3,6-7,10-11H,4-5,8-9H2,1H3,(H,16,17). The van der Waals surface area contributed by atoms with Gasteiger partial charge in [-0.2, -0.15) is 0 Å². The van der Waals surface area contributed by atoms with Crippen LogP contribution in [0.15, 0.2) is 24.3 Å². The highest BCUT2D eigenvalue weighted by Gasteiger charge is 2.22. The molecule has 2 atom stereocenters. The van der Waals surface area contributed by atoms with Gasteiger partial charge in [0.25, 0.3) is 0 Å². The van der Waals surface area contributed by atoms with Gasteiger partial charge in [-0.15, -0.1) is 11.6 Å². The molecule has 2 rings (SSSR count). The number of nitrogens with one attached hydrogen (secondary N) is 1. The third kappa shape index (κ3) is 3.24. The van der Waals surface area contributed by atoms with Gasteiger partial charge in [-0.05, 0) is 31.4 Å². The van der Waals surface area contributed by atoms with Crippen molar-refractivity contribution in [3.63, 3.8) is 0 Å². The number of alkyl halides is 1. The summed E-state index contributed by atoms with van der Waals surface area (Å²) in [5.74, 6) is -0.0168. The van der Waals surface area contributed by atoms with Crippen LogP contribution in [0.1, 0.15) is 30.7 Å². The zero-order valence-corrected chi connectivity index (χ0v) is 11.2. The molecule has 0 aromatic heterocycles. The van der Waals surface area contributed by atoms with Crippen molar-refractivity contribution in [3.05, 3.63) is 29.8 Å². The Hall–Kier alpha value is -1.06. The van der Waals surface area contributed by atoms with Crippen LogP contribution >= 0.6 is 11.6 Å². The Morgan fingerprint density at radius 2 is 2.28 bits per heavy atom. The highest BCUT2D eigenvalue weighted by atomic mass is 35.5. The molecule has 0 bridgehead atoms. The molecule has 2 unspecified atom stereocenters. The van der Waals surface area contributed by atoms with Crippen LogP contribution in [-0.2, 0) is 9.53 Å². The molecule has 1 aromatic rings. The van der Waals surface area contributed by atoms with Crippen molar-refractivity contribution in [1.29, 1.82) is 0 Å². The third-order valence-electron chi connectivity index (χ3n) is 3.18. The van der Waals surface area contributed by atoms with Crippen molar-refractivity contribution >= 4 is 23.2 Å². The molecule has 0 spiro atoms. The van der Waals surface area contributed by atoms with Crippen LogP contribution in [0, 0.1) is 5.92 Å². The average molecular weight is 268 g/mol. The lowest BCUT2D eigenvalue weighted by atomic mass is 10.0. The van der Waals surface area contributed by atoms with Crippen molar-refractivity contribution in [2.75, 3.05) is 18.5 Å². The van der Waals surface area contributed by atoms with Crippen LogP contribution in [0.5, 0.6) is 0 Å². The summed E-state index contributed by atoms with van der Waals surface area (Å²) in [4.78, 5) is 12.1. The summed E-state index contributed by atoms with van der Waals surface area (Å²) in [6, 6.07) is 7.64. The zero-order chi connectivity index (χ0) is 13.0. The molecule has 1 fully saturated rings. The molecule has 4 heteroatoms. The first-order valence-corrected chi connectivity index (χ1v) is 6.73. The second kappa shape index (κ2) is 6.21. The third-order valence-corrected chi connectivity index (χ3v) is 3.41. The number of benzene rings is 1. The Kier molecular flexibility index (Phi) is 4.61. The number of amides is 1. The summed E-state index contributed by atoms with van der Waals surface area (Å²) in [5, 5.41) is 2.84. The first-order chi connectivity index (χ1) is 8.68. The Bertz CT molecular complexity index is 414. The SMILES string of the molecule is CC(Cl)c1ccccc1NC(=O)C1CCCOC1. The fraction of sp³-hybridized carbons (Fsp3) is 0.500. The van der Waals surface area contributed by atoms with Gasteiger partial charge >= 0.3 is 0 Å². The number of ether oxygens (including phenoxy) is 1. The van der Waals surface area contributed by atoms with E-state index in [1.54, 1.807) is 0 Å². The van der Waals surface area contributed by atoms with E-state index >= 15 is 0 Å². The van der Waals surface area contributed by atoms with Gasteiger partial charge in [0.05, 0.1) is 17.9 Å². The van der Waals surface area contributed by atoms with E-state index in [0.717, 1.165) is 30.7 Å². The van der Waals surface area contributed by atoms with Gasteiger partial charge < -0.3 is 10.1 Å². The van der Waals surface area contributed by atoms with Crippen LogP contribution in [0.2, 0.25) is 0 Å². The van der Waals surface area contributed by atoms with E-state index in [2.05, 4.69) is 5.32 Å². The zero-order valence-electron chi connectivity index (χ0n) is 10.5. The average Bonchev–Trinajstić information content (AvgIpc) is 2.40. The minimum atomic E-state index is -0.121. The predicted molar refractivity (Wildman–Crippen MR) is 72.9 cm³/mol. The second-order valence-corrected chi connectivity index (χ2v) is 5.26. The minimum absolute atomic E-state index is 0.0273. The Morgan fingerprint density at radius 1 is 1.50 bits per heavy atom. The largest absolute Gasteiger partial charge is 0.381 e. The van der Waals surface area contributed by atoms with Gasteiger partial charge in [0.2, 0.25) is 5.91 Å². The molecular formula is C14H18ClNO2. The van der Waals surface area contributed by atoms with E-state index in [4.69, 9.17) is 16.3 Å². The van der Waals surface area contributed by atoms with Gasteiger partial charge in [0, 0.05) is 12.3 Å². The summed E-state index contributed by atoms with van der Waals surface area (Å²) in [6.45, 7) is 3.18. The van der Waals surface area contributed by atoms with Gasteiger partial charge in [-0.3, -0.25) is 4.79 Å². The maximum absolute atomic E-state index is 12.1. The molecule has 0 saturated carbocycles. The van der Waals surface area contributed by atoms with Gasteiger partial charge in [0.15, 0.2) is 0 Å². The van der Waals surface area contributed by atoms with Crippen LogP contribution in [0.25, 0.3) is 0 Å². The Morgan fingerprint density at radius 3 is 2.94 bits per heavy atom. The summed E-state index contributed by atoms with van der Waals surface area (Å²) in [6.07, 6.45) is 1.84. The lowest BCUT2D eigenvalue weighted by Gasteiger charge is -2.22. The molecule has 1 aromatic carbocycles. The molecule has 1 aliphatic heterocycles. The number of para-hydroxylation sites is 1. The number of carbonyl (C=O) groups excluding carboxylic acids is 1. The molecule has 0 aliphatic carbocycles. The van der Waals surface area contributed by atoms with Crippen LogP contribution < -0.4 is 5.32 Å². The summed E-state index contributed by atoms with van der Waals surface area (Å²) >= 11 is 6.10. The van der Waals surface area contributed by atoms with Crippen molar-refractivity contribution in [2.45, 2.75) is 25.1 Å². The predicted octanol–water partition coefficient (Wildman–Crippen LogP) is 3.35. The van der Waals surface area contributed by atoms with E-state index in [9.17, 15) is 4.79 Å². The number of carbonyl (C=O) groups is 1. The second-order valence-electron chi connectivity index (χ2n) is 4.61. The van der Waals surface area contributed by atoms with Crippen LogP contribution in [-0.4, -0.2) is 19.1 Å². The molecule has 1 N–H and O–H groups in total. The quantitative estimate of drug-likeness (QED) is 0.853. The number of hydrogen-bond acceptors (Lipinski definition) is 2. The summed E-state index contributed by atoms with van der Waals surface area (Å²) in [7, 11) is 0.